The Morgan fingerprint density at radius 1 is 1.19 bits per heavy atom. The van der Waals surface area contributed by atoms with Crippen LogP contribution in [0.15, 0.2) is 22.7 Å². The van der Waals surface area contributed by atoms with Crippen LogP contribution in [0, 0.1) is 0 Å². The standard InChI is InChI=1S/C18H25BrO7/c1-18(2)25-15-14(13(8-20)24-17(22-4)16(15)26-18)23-9-10-7-11(21-3)5-6-12(10)19/h5-7,13-17,20H,8-9H2,1-4H3/t13-,14-,15+,16+,17+/m1/s1. The molecule has 0 amide bonds. The van der Waals surface area contributed by atoms with Crippen molar-refractivity contribution in [3.8, 4) is 5.75 Å². The molecule has 146 valence electrons. The number of methoxy groups -OCH3 is 2. The lowest BCUT2D eigenvalue weighted by Crippen LogP contribution is -2.58. The van der Waals surface area contributed by atoms with Crippen LogP contribution in [0.25, 0.3) is 0 Å². The predicted octanol–water partition coefficient (Wildman–Crippen LogP) is 2.23. The number of ether oxygens (including phenoxy) is 6. The lowest BCUT2D eigenvalue weighted by atomic mass is 9.99. The van der Waals surface area contributed by atoms with Gasteiger partial charge in [0.25, 0.3) is 0 Å². The van der Waals surface area contributed by atoms with Crippen LogP contribution in [0.1, 0.15) is 19.4 Å². The molecule has 2 heterocycles. The summed E-state index contributed by atoms with van der Waals surface area (Å²) in [6, 6.07) is 5.66. The zero-order valence-corrected chi connectivity index (χ0v) is 16.9. The molecule has 0 bridgehead atoms. The van der Waals surface area contributed by atoms with E-state index in [0.717, 1.165) is 15.8 Å². The molecule has 0 aliphatic carbocycles. The summed E-state index contributed by atoms with van der Waals surface area (Å²) in [5.74, 6) is -0.0397. The third-order valence-corrected chi connectivity index (χ3v) is 5.30. The minimum Gasteiger partial charge on any atom is -0.497 e. The van der Waals surface area contributed by atoms with E-state index in [1.807, 2.05) is 32.0 Å². The Morgan fingerprint density at radius 2 is 1.92 bits per heavy atom. The second-order valence-corrected chi connectivity index (χ2v) is 7.61. The predicted molar refractivity (Wildman–Crippen MR) is 95.9 cm³/mol. The molecule has 2 fully saturated rings. The summed E-state index contributed by atoms with van der Waals surface area (Å²) in [7, 11) is 3.16. The highest BCUT2D eigenvalue weighted by Crippen LogP contribution is 2.39. The largest absolute Gasteiger partial charge is 0.497 e. The van der Waals surface area contributed by atoms with E-state index < -0.39 is 36.5 Å². The fraction of sp³-hybridized carbons (Fsp3) is 0.667. The van der Waals surface area contributed by atoms with Crippen LogP contribution in [0.4, 0.5) is 0 Å². The molecule has 2 saturated heterocycles. The van der Waals surface area contributed by atoms with Crippen molar-refractivity contribution in [2.24, 2.45) is 0 Å². The lowest BCUT2D eigenvalue weighted by Gasteiger charge is -2.40. The topological polar surface area (TPSA) is 75.6 Å². The molecule has 1 aromatic rings. The highest BCUT2D eigenvalue weighted by molar-refractivity contribution is 9.10. The number of fused-ring (bicyclic) bond motifs is 1. The van der Waals surface area contributed by atoms with Gasteiger partial charge in [0.1, 0.15) is 30.2 Å². The molecule has 0 unspecified atom stereocenters. The molecule has 0 saturated carbocycles. The van der Waals surface area contributed by atoms with Gasteiger partial charge in [-0.3, -0.25) is 0 Å². The number of aliphatic hydroxyl groups excluding tert-OH is 1. The molecule has 1 aromatic carbocycles. The Kier molecular flexibility index (Phi) is 6.23. The maximum atomic E-state index is 9.77. The molecular formula is C18H25BrO7. The van der Waals surface area contributed by atoms with E-state index in [-0.39, 0.29) is 6.61 Å². The highest BCUT2D eigenvalue weighted by Gasteiger charge is 2.56. The molecule has 8 heteroatoms. The summed E-state index contributed by atoms with van der Waals surface area (Å²) in [5, 5.41) is 9.77. The summed E-state index contributed by atoms with van der Waals surface area (Å²) in [6.07, 6.45) is -2.55. The van der Waals surface area contributed by atoms with Crippen LogP contribution in [-0.2, 0) is 30.3 Å². The van der Waals surface area contributed by atoms with E-state index in [4.69, 9.17) is 28.4 Å². The minimum absolute atomic E-state index is 0.211. The SMILES string of the molecule is COc1ccc(Br)c(CO[C@H]2[C@@H]3OC(C)(C)O[C@@H]3[C@@H](OC)O[C@@H]2CO)c1. The average molecular weight is 433 g/mol. The van der Waals surface area contributed by atoms with Gasteiger partial charge in [-0.1, -0.05) is 15.9 Å². The smallest absolute Gasteiger partial charge is 0.186 e. The van der Waals surface area contributed by atoms with E-state index in [1.165, 1.54) is 0 Å². The molecule has 0 spiro atoms. The normalized spacial score (nSPS) is 33.1. The molecule has 2 aliphatic rings. The van der Waals surface area contributed by atoms with Gasteiger partial charge in [-0.05, 0) is 37.6 Å². The van der Waals surface area contributed by atoms with Crippen LogP contribution in [0.3, 0.4) is 0 Å². The zero-order chi connectivity index (χ0) is 18.9. The fourth-order valence-corrected chi connectivity index (χ4v) is 3.70. The molecule has 7 nitrogen and oxygen atoms in total. The van der Waals surface area contributed by atoms with E-state index in [0.29, 0.717) is 6.61 Å². The number of hydrogen-bond donors (Lipinski definition) is 1. The van der Waals surface area contributed by atoms with Crippen LogP contribution in [0.2, 0.25) is 0 Å². The first-order chi connectivity index (χ1) is 12.4. The maximum absolute atomic E-state index is 9.77. The monoisotopic (exact) mass is 432 g/mol. The van der Waals surface area contributed by atoms with Crippen LogP contribution in [0.5, 0.6) is 5.75 Å². The van der Waals surface area contributed by atoms with Gasteiger partial charge in [-0.25, -0.2) is 0 Å². The van der Waals surface area contributed by atoms with Crippen molar-refractivity contribution in [1.82, 2.24) is 0 Å². The Labute approximate surface area is 161 Å². The highest BCUT2D eigenvalue weighted by atomic mass is 79.9. The van der Waals surface area contributed by atoms with Crippen LogP contribution < -0.4 is 4.74 Å². The number of rotatable bonds is 6. The Bertz CT molecular complexity index is 624. The van der Waals surface area contributed by atoms with E-state index in [9.17, 15) is 5.11 Å². The van der Waals surface area contributed by atoms with Crippen LogP contribution >= 0.6 is 15.9 Å². The third-order valence-electron chi connectivity index (χ3n) is 4.53. The number of benzene rings is 1. The maximum Gasteiger partial charge on any atom is 0.186 e. The minimum atomic E-state index is -0.780. The Balaban J connectivity index is 1.78. The third kappa shape index (κ3) is 4.06. The second-order valence-electron chi connectivity index (χ2n) is 6.76. The van der Waals surface area contributed by atoms with Crippen molar-refractivity contribution < 1.29 is 33.5 Å². The molecular weight excluding hydrogens is 408 g/mol. The van der Waals surface area contributed by atoms with Gasteiger partial charge >= 0.3 is 0 Å². The first kappa shape index (κ1) is 20.0. The molecule has 26 heavy (non-hydrogen) atoms. The van der Waals surface area contributed by atoms with Crippen molar-refractivity contribution in [2.75, 3.05) is 20.8 Å². The summed E-state index contributed by atoms with van der Waals surface area (Å²) < 4.78 is 35.5. The van der Waals surface area contributed by atoms with Crippen molar-refractivity contribution in [3.63, 3.8) is 0 Å². The van der Waals surface area contributed by atoms with E-state index >= 15 is 0 Å². The number of aliphatic hydroxyl groups is 1. The Morgan fingerprint density at radius 3 is 2.58 bits per heavy atom. The molecule has 0 aromatic heterocycles. The number of halogens is 1. The summed E-state index contributed by atoms with van der Waals surface area (Å²) >= 11 is 3.52. The van der Waals surface area contributed by atoms with Gasteiger partial charge in [-0.15, -0.1) is 0 Å². The van der Waals surface area contributed by atoms with Gasteiger partial charge in [0.05, 0.1) is 20.3 Å². The first-order valence-corrected chi connectivity index (χ1v) is 9.26. The van der Waals surface area contributed by atoms with E-state index in [1.54, 1.807) is 14.2 Å². The van der Waals surface area contributed by atoms with Gasteiger partial charge in [0.2, 0.25) is 0 Å². The summed E-state index contributed by atoms with van der Waals surface area (Å²) in [4.78, 5) is 0. The molecule has 3 rings (SSSR count). The molecule has 0 radical (unpaired) electrons. The molecule has 2 aliphatic heterocycles. The van der Waals surface area contributed by atoms with Crippen molar-refractivity contribution >= 4 is 15.9 Å². The van der Waals surface area contributed by atoms with Gasteiger partial charge in [-0.2, -0.15) is 0 Å². The second kappa shape index (κ2) is 8.10. The number of hydrogen-bond acceptors (Lipinski definition) is 7. The molecule has 5 atom stereocenters. The summed E-state index contributed by atoms with van der Waals surface area (Å²) in [6.45, 7) is 3.76. The fourth-order valence-electron chi connectivity index (χ4n) is 3.33. The Hall–Kier alpha value is -0.740. The van der Waals surface area contributed by atoms with Crippen molar-refractivity contribution in [2.45, 2.75) is 56.9 Å². The first-order valence-electron chi connectivity index (χ1n) is 8.47. The van der Waals surface area contributed by atoms with Crippen LogP contribution in [-0.4, -0.2) is 62.4 Å². The van der Waals surface area contributed by atoms with Gasteiger partial charge in [0.15, 0.2) is 12.1 Å². The average Bonchev–Trinajstić information content (AvgIpc) is 2.95. The lowest BCUT2D eigenvalue weighted by molar-refractivity contribution is -0.280. The summed E-state index contributed by atoms with van der Waals surface area (Å²) in [5.41, 5.74) is 0.921. The van der Waals surface area contributed by atoms with Gasteiger partial charge in [0, 0.05) is 11.6 Å². The van der Waals surface area contributed by atoms with E-state index in [2.05, 4.69) is 15.9 Å². The zero-order valence-electron chi connectivity index (χ0n) is 15.3. The van der Waals surface area contributed by atoms with Gasteiger partial charge < -0.3 is 33.5 Å². The quantitative estimate of drug-likeness (QED) is 0.738. The van der Waals surface area contributed by atoms with Crippen molar-refractivity contribution in [3.05, 3.63) is 28.2 Å². The molecule has 1 N–H and O–H groups in total. The van der Waals surface area contributed by atoms with Crippen molar-refractivity contribution in [1.29, 1.82) is 0 Å².